The van der Waals surface area contributed by atoms with E-state index in [1.807, 2.05) is 72.8 Å². The minimum atomic E-state index is -0.280. The number of H-pyrrole nitrogens is 1. The highest BCUT2D eigenvalue weighted by Gasteiger charge is 2.27. The SMILES string of the molecule is O=C(CC[C@@H]1Cc2ccccc2NC1=O)N[C@H](c1ccccc1)c1ccc2nc[nH]c2c1. The molecule has 2 heterocycles. The van der Waals surface area contributed by atoms with E-state index in [0.29, 0.717) is 12.8 Å². The van der Waals surface area contributed by atoms with Crippen LogP contribution in [-0.4, -0.2) is 21.8 Å². The van der Waals surface area contributed by atoms with E-state index < -0.39 is 0 Å². The topological polar surface area (TPSA) is 86.9 Å². The monoisotopic (exact) mass is 424 g/mol. The van der Waals surface area contributed by atoms with Crippen molar-refractivity contribution in [3.05, 3.63) is 95.8 Å². The summed E-state index contributed by atoms with van der Waals surface area (Å²) in [5, 5.41) is 6.14. The van der Waals surface area contributed by atoms with Gasteiger partial charge in [0.1, 0.15) is 0 Å². The summed E-state index contributed by atoms with van der Waals surface area (Å²) in [4.78, 5) is 32.8. The Labute approximate surface area is 186 Å². The van der Waals surface area contributed by atoms with Gasteiger partial charge in [0.05, 0.1) is 23.4 Å². The lowest BCUT2D eigenvalue weighted by Gasteiger charge is -2.25. The molecule has 0 radical (unpaired) electrons. The van der Waals surface area contributed by atoms with Crippen molar-refractivity contribution >= 4 is 28.5 Å². The van der Waals surface area contributed by atoms with Crippen LogP contribution in [0.4, 0.5) is 5.69 Å². The van der Waals surface area contributed by atoms with Gasteiger partial charge in [0.2, 0.25) is 11.8 Å². The van der Waals surface area contributed by atoms with Gasteiger partial charge < -0.3 is 15.6 Å². The number of carbonyl (C=O) groups is 2. The standard InChI is InChI=1S/C26H24N4O2/c31-24(13-11-20-14-18-8-4-5-9-21(18)29-26(20)32)30-25(17-6-2-1-3-7-17)19-10-12-22-23(15-19)28-16-27-22/h1-10,12,15-16,20,25H,11,13-14H2,(H,27,28)(H,29,32)(H,30,31)/t20-,25-/m1/s1. The number of para-hydroxylation sites is 1. The first-order chi connectivity index (χ1) is 15.7. The molecule has 2 atom stereocenters. The molecular formula is C26H24N4O2. The van der Waals surface area contributed by atoms with Gasteiger partial charge in [0.25, 0.3) is 0 Å². The third-order valence-corrected chi connectivity index (χ3v) is 6.05. The van der Waals surface area contributed by atoms with Crippen molar-refractivity contribution < 1.29 is 9.59 Å². The summed E-state index contributed by atoms with van der Waals surface area (Å²) >= 11 is 0. The largest absolute Gasteiger partial charge is 0.345 e. The molecule has 5 rings (SSSR count). The van der Waals surface area contributed by atoms with Crippen molar-refractivity contribution in [2.75, 3.05) is 5.32 Å². The number of nitrogens with one attached hydrogen (secondary N) is 3. The zero-order valence-corrected chi connectivity index (χ0v) is 17.5. The molecule has 0 fully saturated rings. The highest BCUT2D eigenvalue weighted by molar-refractivity contribution is 5.96. The summed E-state index contributed by atoms with van der Waals surface area (Å²) in [7, 11) is 0. The Kier molecular flexibility index (Phi) is 5.42. The van der Waals surface area contributed by atoms with Crippen LogP contribution in [0.5, 0.6) is 0 Å². The van der Waals surface area contributed by atoms with Crippen LogP contribution >= 0.6 is 0 Å². The molecule has 32 heavy (non-hydrogen) atoms. The summed E-state index contributed by atoms with van der Waals surface area (Å²) in [6.07, 6.45) is 3.12. The third-order valence-electron chi connectivity index (χ3n) is 6.05. The molecule has 0 bridgehead atoms. The predicted molar refractivity (Wildman–Crippen MR) is 124 cm³/mol. The van der Waals surface area contributed by atoms with Crippen molar-refractivity contribution in [3.8, 4) is 0 Å². The molecule has 4 aromatic rings. The lowest BCUT2D eigenvalue weighted by molar-refractivity contribution is -0.123. The highest BCUT2D eigenvalue weighted by Crippen LogP contribution is 2.28. The van der Waals surface area contributed by atoms with Crippen LogP contribution in [0.15, 0.2) is 79.1 Å². The summed E-state index contributed by atoms with van der Waals surface area (Å²) in [5.41, 5.74) is 5.78. The molecule has 3 N–H and O–H groups in total. The molecule has 0 aliphatic carbocycles. The number of hydrogen-bond donors (Lipinski definition) is 3. The van der Waals surface area contributed by atoms with Gasteiger partial charge in [0, 0.05) is 18.0 Å². The van der Waals surface area contributed by atoms with Gasteiger partial charge in [0.15, 0.2) is 0 Å². The highest BCUT2D eigenvalue weighted by atomic mass is 16.2. The van der Waals surface area contributed by atoms with Crippen LogP contribution in [0, 0.1) is 5.92 Å². The van der Waals surface area contributed by atoms with Gasteiger partial charge in [-0.2, -0.15) is 0 Å². The number of carbonyl (C=O) groups excluding carboxylic acids is 2. The smallest absolute Gasteiger partial charge is 0.227 e. The Balaban J connectivity index is 1.30. The number of fused-ring (bicyclic) bond motifs is 2. The zero-order chi connectivity index (χ0) is 21.9. The van der Waals surface area contributed by atoms with Crippen molar-refractivity contribution in [1.29, 1.82) is 0 Å². The maximum Gasteiger partial charge on any atom is 0.227 e. The number of amides is 2. The van der Waals surface area contributed by atoms with E-state index in [1.54, 1.807) is 6.33 Å². The van der Waals surface area contributed by atoms with Gasteiger partial charge >= 0.3 is 0 Å². The fourth-order valence-corrected chi connectivity index (χ4v) is 4.32. The molecule has 2 amide bonds. The Morgan fingerprint density at radius 2 is 1.84 bits per heavy atom. The van der Waals surface area contributed by atoms with Gasteiger partial charge in [-0.05, 0) is 47.7 Å². The average Bonchev–Trinajstić information content (AvgIpc) is 3.30. The maximum atomic E-state index is 12.9. The number of aromatic amines is 1. The Morgan fingerprint density at radius 3 is 2.72 bits per heavy atom. The number of anilines is 1. The van der Waals surface area contributed by atoms with Gasteiger partial charge in [-0.1, -0.05) is 54.6 Å². The molecular weight excluding hydrogens is 400 g/mol. The molecule has 0 spiro atoms. The molecule has 0 saturated carbocycles. The average molecular weight is 425 g/mol. The fourth-order valence-electron chi connectivity index (χ4n) is 4.32. The zero-order valence-electron chi connectivity index (χ0n) is 17.5. The molecule has 1 aliphatic rings. The molecule has 0 unspecified atom stereocenters. The van der Waals surface area contributed by atoms with Crippen LogP contribution in [-0.2, 0) is 16.0 Å². The maximum absolute atomic E-state index is 12.9. The summed E-state index contributed by atoms with van der Waals surface area (Å²) in [6, 6.07) is 23.4. The lowest BCUT2D eigenvalue weighted by atomic mass is 9.89. The molecule has 6 nitrogen and oxygen atoms in total. The van der Waals surface area contributed by atoms with E-state index in [4.69, 9.17) is 0 Å². The molecule has 3 aromatic carbocycles. The van der Waals surface area contributed by atoms with E-state index in [9.17, 15) is 9.59 Å². The van der Waals surface area contributed by atoms with Gasteiger partial charge in [-0.3, -0.25) is 9.59 Å². The van der Waals surface area contributed by atoms with Crippen LogP contribution in [0.3, 0.4) is 0 Å². The summed E-state index contributed by atoms with van der Waals surface area (Å²) < 4.78 is 0. The van der Waals surface area contributed by atoms with Crippen LogP contribution in [0.25, 0.3) is 11.0 Å². The first-order valence-electron chi connectivity index (χ1n) is 10.8. The second-order valence-electron chi connectivity index (χ2n) is 8.18. The number of aromatic nitrogens is 2. The number of benzene rings is 3. The van der Waals surface area contributed by atoms with E-state index in [-0.39, 0.29) is 30.2 Å². The summed E-state index contributed by atoms with van der Waals surface area (Å²) in [5.74, 6) is -0.289. The van der Waals surface area contributed by atoms with Gasteiger partial charge in [-0.15, -0.1) is 0 Å². The van der Waals surface area contributed by atoms with Crippen molar-refractivity contribution in [2.24, 2.45) is 5.92 Å². The second-order valence-corrected chi connectivity index (χ2v) is 8.18. The predicted octanol–water partition coefficient (Wildman–Crippen LogP) is 4.36. The van der Waals surface area contributed by atoms with Crippen LogP contribution < -0.4 is 10.6 Å². The van der Waals surface area contributed by atoms with Crippen molar-refractivity contribution in [2.45, 2.75) is 25.3 Å². The lowest BCUT2D eigenvalue weighted by Crippen LogP contribution is -2.33. The quantitative estimate of drug-likeness (QED) is 0.430. The third kappa shape index (κ3) is 4.12. The Bertz CT molecular complexity index is 1270. The Morgan fingerprint density at radius 1 is 1.03 bits per heavy atom. The molecule has 160 valence electrons. The van der Waals surface area contributed by atoms with Crippen LogP contribution in [0.1, 0.15) is 35.6 Å². The second kappa shape index (κ2) is 8.67. The Hall–Kier alpha value is -3.93. The number of rotatable bonds is 6. The van der Waals surface area contributed by atoms with Crippen molar-refractivity contribution in [1.82, 2.24) is 15.3 Å². The molecule has 1 aromatic heterocycles. The van der Waals surface area contributed by atoms with E-state index in [1.165, 1.54) is 0 Å². The fraction of sp³-hybridized carbons (Fsp3) is 0.192. The minimum absolute atomic E-state index is 0.0131. The van der Waals surface area contributed by atoms with E-state index >= 15 is 0 Å². The number of imidazole rings is 1. The van der Waals surface area contributed by atoms with Crippen molar-refractivity contribution in [3.63, 3.8) is 0 Å². The number of nitrogens with zero attached hydrogens (tertiary/aromatic N) is 1. The van der Waals surface area contributed by atoms with E-state index in [2.05, 4.69) is 20.6 Å². The molecule has 6 heteroatoms. The molecule has 1 aliphatic heterocycles. The van der Waals surface area contributed by atoms with Gasteiger partial charge in [-0.25, -0.2) is 4.98 Å². The first-order valence-corrected chi connectivity index (χ1v) is 10.8. The normalized spacial score (nSPS) is 16.2. The van der Waals surface area contributed by atoms with E-state index in [0.717, 1.165) is 33.4 Å². The molecule has 0 saturated heterocycles. The minimum Gasteiger partial charge on any atom is -0.345 e. The number of hydrogen-bond acceptors (Lipinski definition) is 3. The first kappa shape index (κ1) is 20.0. The van der Waals surface area contributed by atoms with Crippen LogP contribution in [0.2, 0.25) is 0 Å². The summed E-state index contributed by atoms with van der Waals surface area (Å²) in [6.45, 7) is 0.